The van der Waals surface area contributed by atoms with Crippen LogP contribution in [0.2, 0.25) is 0 Å². The quantitative estimate of drug-likeness (QED) is 0.590. The Morgan fingerprint density at radius 3 is 2.72 bits per heavy atom. The van der Waals surface area contributed by atoms with E-state index < -0.39 is 0 Å². The van der Waals surface area contributed by atoms with Gasteiger partial charge in [0.05, 0.1) is 6.54 Å². The second-order valence-electron chi connectivity index (χ2n) is 7.01. The van der Waals surface area contributed by atoms with Crippen LogP contribution < -0.4 is 19.7 Å². The van der Waals surface area contributed by atoms with Gasteiger partial charge in [0, 0.05) is 50.7 Å². The Morgan fingerprint density at radius 1 is 1.21 bits per heavy atom. The Balaban J connectivity index is 1.34. The zero-order valence-electron chi connectivity index (χ0n) is 17.0. The van der Waals surface area contributed by atoms with Crippen molar-refractivity contribution in [1.82, 2.24) is 19.6 Å². The van der Waals surface area contributed by atoms with Crippen molar-refractivity contribution in [2.45, 2.75) is 26.4 Å². The van der Waals surface area contributed by atoms with Gasteiger partial charge in [-0.25, -0.2) is 9.98 Å². The number of aromatic nitrogens is 2. The molecule has 1 atom stereocenters. The van der Waals surface area contributed by atoms with Crippen LogP contribution in [0.4, 0.5) is 5.13 Å². The van der Waals surface area contributed by atoms with Crippen molar-refractivity contribution in [3.05, 3.63) is 30.1 Å². The van der Waals surface area contributed by atoms with Gasteiger partial charge in [-0.15, -0.1) is 0 Å². The van der Waals surface area contributed by atoms with Gasteiger partial charge in [-0.3, -0.25) is 0 Å². The van der Waals surface area contributed by atoms with Crippen molar-refractivity contribution in [2.24, 2.45) is 4.99 Å². The predicted octanol–water partition coefficient (Wildman–Crippen LogP) is 2.03. The minimum atomic E-state index is -0.0753. The molecule has 9 heteroatoms. The molecule has 1 aromatic carbocycles. The van der Waals surface area contributed by atoms with Crippen LogP contribution in [0.1, 0.15) is 19.7 Å². The van der Waals surface area contributed by atoms with Crippen molar-refractivity contribution >= 4 is 22.6 Å². The molecule has 156 valence electrons. The fraction of sp³-hybridized carbons (Fsp3) is 0.550. The molecule has 8 nitrogen and oxygen atoms in total. The number of benzene rings is 1. The zero-order chi connectivity index (χ0) is 20.1. The second-order valence-corrected chi connectivity index (χ2v) is 7.74. The summed E-state index contributed by atoms with van der Waals surface area (Å²) < 4.78 is 16.2. The van der Waals surface area contributed by atoms with Crippen molar-refractivity contribution in [2.75, 3.05) is 50.8 Å². The molecule has 2 aliphatic heterocycles. The summed E-state index contributed by atoms with van der Waals surface area (Å²) in [6.07, 6.45) is 0.805. The third-order valence-corrected chi connectivity index (χ3v) is 5.79. The van der Waals surface area contributed by atoms with E-state index in [1.54, 1.807) is 0 Å². The Hall–Kier alpha value is -2.55. The summed E-state index contributed by atoms with van der Waals surface area (Å²) in [5.74, 6) is 3.46. The minimum absolute atomic E-state index is 0.0753. The maximum atomic E-state index is 6.04. The van der Waals surface area contributed by atoms with Crippen LogP contribution >= 0.6 is 11.5 Å². The number of aliphatic imine (C=N–C) groups is 1. The molecule has 2 aliphatic rings. The number of guanidine groups is 1. The first-order chi connectivity index (χ1) is 14.3. The summed E-state index contributed by atoms with van der Waals surface area (Å²) in [5.41, 5.74) is 0. The molecule has 1 fully saturated rings. The number of hydrogen-bond acceptors (Lipinski definition) is 7. The highest BCUT2D eigenvalue weighted by Crippen LogP contribution is 2.30. The molecular weight excluding hydrogens is 388 g/mol. The average molecular weight is 417 g/mol. The van der Waals surface area contributed by atoms with Crippen molar-refractivity contribution < 1.29 is 9.47 Å². The molecule has 0 bridgehead atoms. The molecule has 3 heterocycles. The Morgan fingerprint density at radius 2 is 2.00 bits per heavy atom. The van der Waals surface area contributed by atoms with Gasteiger partial charge in [-0.1, -0.05) is 19.1 Å². The molecule has 2 aromatic rings. The van der Waals surface area contributed by atoms with Gasteiger partial charge in [0.1, 0.15) is 12.4 Å². The molecule has 0 saturated carbocycles. The molecule has 0 amide bonds. The molecule has 1 N–H and O–H groups in total. The van der Waals surface area contributed by atoms with E-state index in [1.807, 2.05) is 24.3 Å². The van der Waals surface area contributed by atoms with E-state index in [2.05, 4.69) is 38.3 Å². The van der Waals surface area contributed by atoms with Crippen LogP contribution in [0, 0.1) is 0 Å². The molecule has 0 spiro atoms. The van der Waals surface area contributed by atoms with Crippen LogP contribution in [0.25, 0.3) is 0 Å². The highest BCUT2D eigenvalue weighted by atomic mass is 32.1. The number of rotatable bonds is 5. The van der Waals surface area contributed by atoms with Gasteiger partial charge in [-0.2, -0.15) is 4.37 Å². The fourth-order valence-corrected chi connectivity index (χ4v) is 4.19. The van der Waals surface area contributed by atoms with E-state index in [-0.39, 0.29) is 6.10 Å². The number of anilines is 1. The number of ether oxygens (including phenoxy) is 2. The number of piperazine rings is 1. The van der Waals surface area contributed by atoms with Gasteiger partial charge in [-0.05, 0) is 19.1 Å². The first-order valence-corrected chi connectivity index (χ1v) is 11.0. The smallest absolute Gasteiger partial charge is 0.205 e. The molecule has 4 rings (SSSR count). The summed E-state index contributed by atoms with van der Waals surface area (Å²) in [6.45, 7) is 9.73. The first-order valence-electron chi connectivity index (χ1n) is 10.3. The lowest BCUT2D eigenvalue weighted by Gasteiger charge is -2.36. The van der Waals surface area contributed by atoms with Crippen LogP contribution in [-0.2, 0) is 6.42 Å². The topological polar surface area (TPSA) is 75.1 Å². The van der Waals surface area contributed by atoms with E-state index in [0.717, 1.165) is 67.6 Å². The highest BCUT2D eigenvalue weighted by molar-refractivity contribution is 7.09. The molecule has 1 unspecified atom stereocenters. The van der Waals surface area contributed by atoms with Crippen LogP contribution in [0.5, 0.6) is 11.5 Å². The predicted molar refractivity (Wildman–Crippen MR) is 115 cm³/mol. The van der Waals surface area contributed by atoms with Gasteiger partial charge < -0.3 is 24.6 Å². The average Bonchev–Trinajstić information content (AvgIpc) is 3.26. The Bertz CT molecular complexity index is 834. The lowest BCUT2D eigenvalue weighted by atomic mass is 10.2. The summed E-state index contributed by atoms with van der Waals surface area (Å²) in [6, 6.07) is 7.78. The monoisotopic (exact) mass is 416 g/mol. The van der Waals surface area contributed by atoms with Gasteiger partial charge >= 0.3 is 0 Å². The van der Waals surface area contributed by atoms with E-state index in [9.17, 15) is 0 Å². The second kappa shape index (κ2) is 9.30. The third-order valence-electron chi connectivity index (χ3n) is 4.97. The van der Waals surface area contributed by atoms with Gasteiger partial charge in [0.2, 0.25) is 5.13 Å². The Labute approximate surface area is 175 Å². The number of para-hydroxylation sites is 2. The Kier molecular flexibility index (Phi) is 6.33. The standard InChI is InChI=1S/C20H28N6O2S/c1-3-18-23-20(29-24-18)26-11-9-25(10-12-26)19(21-4-2)22-13-15-14-27-16-7-5-6-8-17(16)28-15/h5-8,15H,3-4,9-14H2,1-2H3,(H,21,22). The molecular formula is C20H28N6O2S. The largest absolute Gasteiger partial charge is 0.486 e. The van der Waals surface area contributed by atoms with Gasteiger partial charge in [0.15, 0.2) is 23.6 Å². The van der Waals surface area contributed by atoms with Crippen molar-refractivity contribution in [1.29, 1.82) is 0 Å². The molecule has 1 aromatic heterocycles. The number of nitrogens with zero attached hydrogens (tertiary/aromatic N) is 5. The third kappa shape index (κ3) is 4.72. The maximum absolute atomic E-state index is 6.04. The van der Waals surface area contributed by atoms with Crippen LogP contribution in [0.15, 0.2) is 29.3 Å². The first kappa shape index (κ1) is 19.8. The molecule has 0 aliphatic carbocycles. The summed E-state index contributed by atoms with van der Waals surface area (Å²) in [7, 11) is 0. The van der Waals surface area contributed by atoms with Crippen LogP contribution in [0.3, 0.4) is 0 Å². The summed E-state index contributed by atoms with van der Waals surface area (Å²) >= 11 is 1.49. The zero-order valence-corrected chi connectivity index (χ0v) is 17.8. The normalized spacial score (nSPS) is 19.4. The lowest BCUT2D eigenvalue weighted by molar-refractivity contribution is 0.0969. The van der Waals surface area contributed by atoms with Crippen LogP contribution in [-0.4, -0.2) is 72.2 Å². The maximum Gasteiger partial charge on any atom is 0.205 e. The van der Waals surface area contributed by atoms with E-state index in [0.29, 0.717) is 13.2 Å². The molecule has 1 saturated heterocycles. The van der Waals surface area contributed by atoms with Crippen molar-refractivity contribution in [3.63, 3.8) is 0 Å². The minimum Gasteiger partial charge on any atom is -0.486 e. The fourth-order valence-electron chi connectivity index (χ4n) is 3.39. The number of nitrogens with one attached hydrogen (secondary N) is 1. The van der Waals surface area contributed by atoms with E-state index >= 15 is 0 Å². The number of hydrogen-bond donors (Lipinski definition) is 1. The SMILES string of the molecule is CCNC(=NCC1COc2ccccc2O1)N1CCN(c2nc(CC)ns2)CC1. The number of aryl methyl sites for hydroxylation is 1. The highest BCUT2D eigenvalue weighted by Gasteiger charge is 2.24. The van der Waals surface area contributed by atoms with E-state index in [4.69, 9.17) is 14.5 Å². The van der Waals surface area contributed by atoms with E-state index in [1.165, 1.54) is 11.5 Å². The lowest BCUT2D eigenvalue weighted by Crippen LogP contribution is -2.53. The molecule has 0 radical (unpaired) electrons. The van der Waals surface area contributed by atoms with Gasteiger partial charge in [0.25, 0.3) is 0 Å². The van der Waals surface area contributed by atoms with Crippen molar-refractivity contribution in [3.8, 4) is 11.5 Å². The molecule has 29 heavy (non-hydrogen) atoms. The summed E-state index contributed by atoms with van der Waals surface area (Å²) in [5, 5.41) is 4.44. The number of fused-ring (bicyclic) bond motifs is 1. The summed E-state index contributed by atoms with van der Waals surface area (Å²) in [4.78, 5) is 14.1.